The summed E-state index contributed by atoms with van der Waals surface area (Å²) in [6.45, 7) is 2.20. The van der Waals surface area contributed by atoms with Crippen molar-refractivity contribution in [2.24, 2.45) is 0 Å². The molecule has 3 rings (SSSR count). The molecule has 0 aliphatic rings. The van der Waals surface area contributed by atoms with Crippen molar-refractivity contribution >= 4 is 22.6 Å². The van der Waals surface area contributed by atoms with Crippen LogP contribution in [0.4, 0.5) is 14.6 Å². The molecule has 3 aromatic heterocycles. The van der Waals surface area contributed by atoms with Crippen LogP contribution in [-0.4, -0.2) is 20.4 Å². The van der Waals surface area contributed by atoms with Crippen LogP contribution in [0.1, 0.15) is 19.5 Å². The largest absolute Gasteiger partial charge is 0.311 e. The quantitative estimate of drug-likeness (QED) is 0.804. The van der Waals surface area contributed by atoms with Gasteiger partial charge in [0, 0.05) is 37.7 Å². The van der Waals surface area contributed by atoms with Crippen LogP contribution in [0, 0.1) is 0 Å². The predicted octanol–water partition coefficient (Wildman–Crippen LogP) is 3.49. The van der Waals surface area contributed by atoms with Crippen LogP contribution < -0.4 is 5.32 Å². The van der Waals surface area contributed by atoms with E-state index in [-0.39, 0.29) is 11.6 Å². The van der Waals surface area contributed by atoms with Crippen LogP contribution in [0.15, 0.2) is 42.7 Å². The van der Waals surface area contributed by atoms with Gasteiger partial charge in [0.05, 0.1) is 5.52 Å². The molecule has 3 heterocycles. The Morgan fingerprint density at radius 1 is 1.30 bits per heavy atom. The molecule has 1 amide bonds. The van der Waals surface area contributed by atoms with Gasteiger partial charge in [0.15, 0.2) is 0 Å². The van der Waals surface area contributed by atoms with Crippen LogP contribution in [-0.2, 0) is 10.7 Å². The van der Waals surface area contributed by atoms with Crippen molar-refractivity contribution in [3.8, 4) is 5.82 Å². The zero-order valence-corrected chi connectivity index (χ0v) is 12.5. The van der Waals surface area contributed by atoms with Gasteiger partial charge in [0.2, 0.25) is 5.91 Å². The molecule has 0 saturated carbocycles. The van der Waals surface area contributed by atoms with Crippen molar-refractivity contribution in [2.45, 2.75) is 19.8 Å². The standard InChI is InChI=1S/C16H14F2N4O/c1-10(23)20-14-8-12-11(9-19-14)6-7-22(12)15-5-3-4-13(21-15)16(2,17)18/h3-9H,1-2H3,(H,19,20,23). The predicted molar refractivity (Wildman–Crippen MR) is 82.7 cm³/mol. The summed E-state index contributed by atoms with van der Waals surface area (Å²) < 4.78 is 28.6. The lowest BCUT2D eigenvalue weighted by Gasteiger charge is -2.12. The van der Waals surface area contributed by atoms with Gasteiger partial charge in [-0.15, -0.1) is 0 Å². The highest BCUT2D eigenvalue weighted by Gasteiger charge is 2.26. The number of nitrogens with zero attached hydrogens (tertiary/aromatic N) is 3. The summed E-state index contributed by atoms with van der Waals surface area (Å²) in [5.74, 6) is -2.48. The minimum atomic E-state index is -3.01. The van der Waals surface area contributed by atoms with Gasteiger partial charge in [0.1, 0.15) is 17.3 Å². The molecule has 23 heavy (non-hydrogen) atoms. The summed E-state index contributed by atoms with van der Waals surface area (Å²) in [4.78, 5) is 19.3. The van der Waals surface area contributed by atoms with Crippen LogP contribution in [0.3, 0.4) is 0 Å². The van der Waals surface area contributed by atoms with E-state index in [1.807, 2.05) is 0 Å². The maximum absolute atomic E-state index is 13.5. The van der Waals surface area contributed by atoms with Crippen LogP contribution in [0.2, 0.25) is 0 Å². The fourth-order valence-electron chi connectivity index (χ4n) is 2.28. The molecule has 0 fully saturated rings. The fraction of sp³-hybridized carbons (Fsp3) is 0.188. The van der Waals surface area contributed by atoms with E-state index < -0.39 is 5.92 Å². The number of pyridine rings is 2. The fourth-order valence-corrected chi connectivity index (χ4v) is 2.28. The molecule has 0 saturated heterocycles. The molecule has 0 aromatic carbocycles. The normalized spacial score (nSPS) is 11.7. The molecule has 118 valence electrons. The first-order valence-corrected chi connectivity index (χ1v) is 6.95. The second-order valence-corrected chi connectivity index (χ2v) is 5.26. The highest BCUT2D eigenvalue weighted by Crippen LogP contribution is 2.27. The first-order chi connectivity index (χ1) is 10.8. The lowest BCUT2D eigenvalue weighted by atomic mass is 10.2. The number of fused-ring (bicyclic) bond motifs is 1. The molecular formula is C16H14F2N4O. The second-order valence-electron chi connectivity index (χ2n) is 5.26. The van der Waals surface area contributed by atoms with E-state index in [1.54, 1.807) is 35.2 Å². The maximum Gasteiger partial charge on any atom is 0.287 e. The van der Waals surface area contributed by atoms with Crippen molar-refractivity contribution in [3.63, 3.8) is 0 Å². The van der Waals surface area contributed by atoms with Crippen LogP contribution in [0.5, 0.6) is 0 Å². The number of hydrogen-bond donors (Lipinski definition) is 1. The van der Waals surface area contributed by atoms with E-state index in [2.05, 4.69) is 15.3 Å². The molecule has 0 radical (unpaired) electrons. The lowest BCUT2D eigenvalue weighted by Crippen LogP contribution is -2.11. The number of amides is 1. The number of anilines is 1. The Labute approximate surface area is 131 Å². The Morgan fingerprint density at radius 2 is 2.09 bits per heavy atom. The van der Waals surface area contributed by atoms with Crippen molar-refractivity contribution in [2.75, 3.05) is 5.32 Å². The summed E-state index contributed by atoms with van der Waals surface area (Å²) in [6, 6.07) is 7.96. The average molecular weight is 316 g/mol. The number of halogens is 2. The number of carbonyl (C=O) groups excluding carboxylic acids is 1. The molecule has 5 nitrogen and oxygen atoms in total. The molecular weight excluding hydrogens is 302 g/mol. The van der Waals surface area contributed by atoms with Gasteiger partial charge in [-0.05, 0) is 18.2 Å². The molecule has 0 spiro atoms. The monoisotopic (exact) mass is 316 g/mol. The summed E-state index contributed by atoms with van der Waals surface area (Å²) in [6.07, 6.45) is 3.33. The Kier molecular flexibility index (Phi) is 3.55. The minimum absolute atomic E-state index is 0.235. The van der Waals surface area contributed by atoms with Crippen molar-refractivity contribution in [1.29, 1.82) is 0 Å². The SMILES string of the molecule is CC(=O)Nc1cc2c(ccn2-c2cccc(C(C)(F)F)n2)cn1. The van der Waals surface area contributed by atoms with Gasteiger partial charge in [-0.25, -0.2) is 9.97 Å². The van der Waals surface area contributed by atoms with Gasteiger partial charge in [-0.3, -0.25) is 4.79 Å². The van der Waals surface area contributed by atoms with E-state index in [9.17, 15) is 13.6 Å². The Morgan fingerprint density at radius 3 is 2.78 bits per heavy atom. The Balaban J connectivity index is 2.11. The lowest BCUT2D eigenvalue weighted by molar-refractivity contribution is -0.114. The van der Waals surface area contributed by atoms with Crippen molar-refractivity contribution in [1.82, 2.24) is 14.5 Å². The first kappa shape index (κ1) is 15.1. The smallest absolute Gasteiger partial charge is 0.287 e. The molecule has 1 N–H and O–H groups in total. The Hall–Kier alpha value is -2.83. The summed E-state index contributed by atoms with van der Waals surface area (Å²) in [7, 11) is 0. The summed E-state index contributed by atoms with van der Waals surface area (Å²) in [5, 5.41) is 3.41. The zero-order valence-electron chi connectivity index (χ0n) is 12.5. The Bertz CT molecular complexity index is 883. The van der Waals surface area contributed by atoms with E-state index in [1.165, 1.54) is 19.1 Å². The highest BCUT2D eigenvalue weighted by atomic mass is 19.3. The number of alkyl halides is 2. The van der Waals surface area contributed by atoms with E-state index in [0.29, 0.717) is 17.2 Å². The summed E-state index contributed by atoms with van der Waals surface area (Å²) >= 11 is 0. The van der Waals surface area contributed by atoms with Crippen molar-refractivity contribution < 1.29 is 13.6 Å². The third-order valence-electron chi connectivity index (χ3n) is 3.31. The minimum Gasteiger partial charge on any atom is -0.311 e. The van der Waals surface area contributed by atoms with Gasteiger partial charge < -0.3 is 9.88 Å². The van der Waals surface area contributed by atoms with E-state index in [4.69, 9.17) is 0 Å². The number of hydrogen-bond acceptors (Lipinski definition) is 3. The molecule has 3 aromatic rings. The molecule has 0 aliphatic carbocycles. The van der Waals surface area contributed by atoms with E-state index in [0.717, 1.165) is 12.3 Å². The molecule has 0 unspecified atom stereocenters. The molecule has 0 bridgehead atoms. The highest BCUT2D eigenvalue weighted by molar-refractivity contribution is 5.91. The summed E-state index contributed by atoms with van der Waals surface area (Å²) in [5.41, 5.74) is 0.417. The van der Waals surface area contributed by atoms with Crippen molar-refractivity contribution in [3.05, 3.63) is 48.4 Å². The van der Waals surface area contributed by atoms with Gasteiger partial charge in [0.25, 0.3) is 5.92 Å². The van der Waals surface area contributed by atoms with Gasteiger partial charge >= 0.3 is 0 Å². The number of rotatable bonds is 3. The van der Waals surface area contributed by atoms with Gasteiger partial charge in [-0.1, -0.05) is 6.07 Å². The zero-order chi connectivity index (χ0) is 16.6. The topological polar surface area (TPSA) is 59.8 Å². The van der Waals surface area contributed by atoms with Gasteiger partial charge in [-0.2, -0.15) is 8.78 Å². The second kappa shape index (κ2) is 5.42. The molecule has 7 heteroatoms. The van der Waals surface area contributed by atoms with Crippen LogP contribution >= 0.6 is 0 Å². The number of aromatic nitrogens is 3. The maximum atomic E-state index is 13.5. The van der Waals surface area contributed by atoms with E-state index >= 15 is 0 Å². The number of carbonyl (C=O) groups is 1. The molecule has 0 aliphatic heterocycles. The average Bonchev–Trinajstić information content (AvgIpc) is 2.89. The first-order valence-electron chi connectivity index (χ1n) is 6.95. The number of nitrogens with one attached hydrogen (secondary N) is 1. The third kappa shape index (κ3) is 3.03. The third-order valence-corrected chi connectivity index (χ3v) is 3.31. The van der Waals surface area contributed by atoms with Crippen LogP contribution in [0.25, 0.3) is 16.7 Å². The molecule has 0 atom stereocenters.